The normalized spacial score (nSPS) is 9.58. The van der Waals surface area contributed by atoms with Crippen LogP contribution in [-0.2, 0) is 4.74 Å². The average molecular weight is 422 g/mol. The molecule has 162 valence electrons. The van der Waals surface area contributed by atoms with Crippen molar-refractivity contribution in [3.63, 3.8) is 0 Å². The fraction of sp³-hybridized carbons (Fsp3) is 0.320. The largest absolute Gasteiger partial charge is 0.493 e. The summed E-state index contributed by atoms with van der Waals surface area (Å²) < 4.78 is 21.1. The highest BCUT2D eigenvalue weighted by molar-refractivity contribution is 5.95. The van der Waals surface area contributed by atoms with Crippen LogP contribution >= 0.6 is 0 Å². The molecule has 0 aliphatic heterocycles. The van der Waals surface area contributed by atoms with Crippen molar-refractivity contribution in [3.05, 3.63) is 52.6 Å². The summed E-state index contributed by atoms with van der Waals surface area (Å²) in [5, 5.41) is 8.79. The van der Waals surface area contributed by atoms with Gasteiger partial charge in [-0.05, 0) is 37.1 Å². The number of hydrogen-bond donors (Lipinski definition) is 1. The molecular formula is C25H26O6. The molecule has 0 unspecified atom stereocenters. The second kappa shape index (κ2) is 12.2. The van der Waals surface area contributed by atoms with Crippen LogP contribution in [0.3, 0.4) is 0 Å². The van der Waals surface area contributed by atoms with Crippen LogP contribution in [0.1, 0.15) is 46.3 Å². The first-order valence-corrected chi connectivity index (χ1v) is 9.72. The fourth-order valence-corrected chi connectivity index (χ4v) is 2.81. The van der Waals surface area contributed by atoms with Gasteiger partial charge in [-0.2, -0.15) is 0 Å². The molecule has 0 saturated heterocycles. The summed E-state index contributed by atoms with van der Waals surface area (Å²) in [7, 11) is 5.73. The lowest BCUT2D eigenvalue weighted by molar-refractivity contribution is 0.0599. The molecular weight excluding hydrogens is 396 g/mol. The van der Waals surface area contributed by atoms with Crippen molar-refractivity contribution < 1.29 is 28.8 Å². The maximum atomic E-state index is 12.3. The van der Waals surface area contributed by atoms with E-state index in [2.05, 4.69) is 23.7 Å². The molecule has 2 aromatic carbocycles. The fourth-order valence-electron chi connectivity index (χ4n) is 2.81. The van der Waals surface area contributed by atoms with Crippen LogP contribution in [0.15, 0.2) is 30.3 Å². The highest BCUT2D eigenvalue weighted by atomic mass is 16.5. The maximum absolute atomic E-state index is 12.3. The third-order valence-corrected chi connectivity index (χ3v) is 4.39. The van der Waals surface area contributed by atoms with Crippen LogP contribution < -0.4 is 14.2 Å². The number of aliphatic hydroxyl groups excluding tert-OH is 1. The van der Waals surface area contributed by atoms with Crippen molar-refractivity contribution >= 4 is 5.97 Å². The van der Waals surface area contributed by atoms with Gasteiger partial charge in [0.15, 0.2) is 11.5 Å². The Morgan fingerprint density at radius 1 is 0.871 bits per heavy atom. The molecule has 2 rings (SSSR count). The second-order valence-electron chi connectivity index (χ2n) is 6.37. The lowest BCUT2D eigenvalue weighted by Crippen LogP contribution is -2.08. The SMILES string of the molecule is COC(=O)c1cc(OC)c(OC)c(OC)c1C#Cc1ccc(C#CCCCCO)cc1. The zero-order chi connectivity index (χ0) is 22.6. The van der Waals surface area contributed by atoms with Gasteiger partial charge >= 0.3 is 5.97 Å². The van der Waals surface area contributed by atoms with Gasteiger partial charge in [-0.15, -0.1) is 0 Å². The van der Waals surface area contributed by atoms with Gasteiger partial charge in [-0.25, -0.2) is 4.79 Å². The molecule has 1 N–H and O–H groups in total. The van der Waals surface area contributed by atoms with E-state index < -0.39 is 5.97 Å². The minimum absolute atomic E-state index is 0.192. The molecule has 0 radical (unpaired) electrons. The van der Waals surface area contributed by atoms with E-state index in [9.17, 15) is 4.79 Å². The first-order chi connectivity index (χ1) is 15.1. The molecule has 31 heavy (non-hydrogen) atoms. The molecule has 0 aromatic heterocycles. The Bertz CT molecular complexity index is 1020. The summed E-state index contributed by atoms with van der Waals surface area (Å²) in [5.74, 6) is 12.6. The van der Waals surface area contributed by atoms with Gasteiger partial charge in [-0.1, -0.05) is 23.7 Å². The Morgan fingerprint density at radius 3 is 2.06 bits per heavy atom. The van der Waals surface area contributed by atoms with Gasteiger partial charge in [0.05, 0.1) is 39.6 Å². The Morgan fingerprint density at radius 2 is 1.52 bits per heavy atom. The summed E-state index contributed by atoms with van der Waals surface area (Å²) in [6.07, 6.45) is 2.39. The molecule has 0 amide bonds. The van der Waals surface area contributed by atoms with Crippen LogP contribution in [0.4, 0.5) is 0 Å². The first-order valence-electron chi connectivity index (χ1n) is 9.72. The number of carbonyl (C=O) groups excluding carboxylic acids is 1. The third kappa shape index (κ3) is 6.18. The lowest BCUT2D eigenvalue weighted by Gasteiger charge is -2.16. The zero-order valence-corrected chi connectivity index (χ0v) is 18.2. The summed E-state index contributed by atoms with van der Waals surface area (Å²) in [5.41, 5.74) is 2.20. The third-order valence-electron chi connectivity index (χ3n) is 4.39. The van der Waals surface area contributed by atoms with Gasteiger partial charge in [0.1, 0.15) is 0 Å². The standard InChI is InChI=1S/C25H26O6/c1-28-22-17-21(25(27)31-4)20(23(29-2)24(22)30-3)15-14-19-12-10-18(11-13-19)9-7-5-6-8-16-26/h10-13,17,26H,5-6,8,16H2,1-4H3. The van der Waals surface area contributed by atoms with Gasteiger partial charge in [0, 0.05) is 30.2 Å². The summed E-state index contributed by atoms with van der Waals surface area (Å²) >= 11 is 0. The van der Waals surface area contributed by atoms with Crippen molar-refractivity contribution in [1.29, 1.82) is 0 Å². The number of carbonyl (C=O) groups is 1. The van der Waals surface area contributed by atoms with Gasteiger partial charge in [-0.3, -0.25) is 0 Å². The number of ether oxygens (including phenoxy) is 4. The molecule has 0 spiro atoms. The molecule has 6 heteroatoms. The monoisotopic (exact) mass is 422 g/mol. The molecule has 2 aromatic rings. The van der Waals surface area contributed by atoms with Gasteiger partial charge in [0.2, 0.25) is 5.75 Å². The Labute approximate surface area is 183 Å². The maximum Gasteiger partial charge on any atom is 0.339 e. The number of esters is 1. The van der Waals surface area contributed by atoms with E-state index in [1.54, 1.807) is 0 Å². The lowest BCUT2D eigenvalue weighted by atomic mass is 10.0. The van der Waals surface area contributed by atoms with Crippen LogP contribution in [0.2, 0.25) is 0 Å². The average Bonchev–Trinajstić information content (AvgIpc) is 2.81. The van der Waals surface area contributed by atoms with E-state index in [0.717, 1.165) is 30.4 Å². The summed E-state index contributed by atoms with van der Waals surface area (Å²) in [6.45, 7) is 0.192. The molecule has 0 fully saturated rings. The Hall–Kier alpha value is -3.61. The molecule has 0 heterocycles. The topological polar surface area (TPSA) is 74.2 Å². The quantitative estimate of drug-likeness (QED) is 0.419. The zero-order valence-electron chi connectivity index (χ0n) is 18.2. The van der Waals surface area contributed by atoms with Crippen LogP contribution in [0.5, 0.6) is 17.2 Å². The molecule has 0 saturated carbocycles. The van der Waals surface area contributed by atoms with Crippen LogP contribution in [-0.4, -0.2) is 46.1 Å². The molecule has 0 aliphatic carbocycles. The minimum Gasteiger partial charge on any atom is -0.493 e. The van der Waals surface area contributed by atoms with Crippen molar-refractivity contribution in [3.8, 4) is 40.9 Å². The van der Waals surface area contributed by atoms with Crippen molar-refractivity contribution in [2.75, 3.05) is 35.0 Å². The summed E-state index contributed by atoms with van der Waals surface area (Å²) in [4.78, 5) is 12.3. The Balaban J connectivity index is 2.39. The van der Waals surface area contributed by atoms with Gasteiger partial charge in [0.25, 0.3) is 0 Å². The van der Waals surface area contributed by atoms with E-state index in [4.69, 9.17) is 24.1 Å². The predicted octanol–water partition coefficient (Wildman–Crippen LogP) is 3.41. The van der Waals surface area contributed by atoms with E-state index in [1.807, 2.05) is 24.3 Å². The molecule has 6 nitrogen and oxygen atoms in total. The number of methoxy groups -OCH3 is 4. The molecule has 0 bridgehead atoms. The number of benzene rings is 2. The summed E-state index contributed by atoms with van der Waals surface area (Å²) in [6, 6.07) is 9.00. The van der Waals surface area contributed by atoms with Crippen molar-refractivity contribution in [1.82, 2.24) is 0 Å². The number of unbranched alkanes of at least 4 members (excludes halogenated alkanes) is 2. The smallest absolute Gasteiger partial charge is 0.339 e. The van der Waals surface area contributed by atoms with E-state index in [1.165, 1.54) is 34.5 Å². The number of aliphatic hydroxyl groups is 1. The van der Waals surface area contributed by atoms with Crippen molar-refractivity contribution in [2.45, 2.75) is 19.3 Å². The van der Waals surface area contributed by atoms with Crippen molar-refractivity contribution in [2.24, 2.45) is 0 Å². The molecule has 0 atom stereocenters. The number of rotatable bonds is 7. The second-order valence-corrected chi connectivity index (χ2v) is 6.37. The molecule has 0 aliphatic rings. The number of hydrogen-bond acceptors (Lipinski definition) is 6. The predicted molar refractivity (Wildman–Crippen MR) is 118 cm³/mol. The van der Waals surface area contributed by atoms with E-state index in [-0.39, 0.29) is 12.2 Å². The van der Waals surface area contributed by atoms with E-state index >= 15 is 0 Å². The first kappa shape index (κ1) is 23.7. The minimum atomic E-state index is -0.560. The van der Waals surface area contributed by atoms with Crippen LogP contribution in [0, 0.1) is 23.7 Å². The highest BCUT2D eigenvalue weighted by Crippen LogP contribution is 2.41. The van der Waals surface area contributed by atoms with Gasteiger partial charge < -0.3 is 24.1 Å². The Kier molecular flexibility index (Phi) is 9.29. The van der Waals surface area contributed by atoms with Crippen LogP contribution in [0.25, 0.3) is 0 Å². The van der Waals surface area contributed by atoms with E-state index in [0.29, 0.717) is 22.8 Å². The highest BCUT2D eigenvalue weighted by Gasteiger charge is 2.23.